The van der Waals surface area contributed by atoms with Crippen LogP contribution in [0.25, 0.3) is 0 Å². The van der Waals surface area contributed by atoms with Crippen LogP contribution in [0.5, 0.6) is 0 Å². The molecule has 0 spiro atoms. The Kier molecular flexibility index (Phi) is 1.66. The van der Waals surface area contributed by atoms with Gasteiger partial charge in [0.2, 0.25) is 0 Å². The van der Waals surface area contributed by atoms with Crippen molar-refractivity contribution >= 4 is 17.6 Å². The molecule has 2 rings (SSSR count). The van der Waals surface area contributed by atoms with Crippen LogP contribution in [0.2, 0.25) is 0 Å². The molecule has 0 saturated heterocycles. The molecule has 0 radical (unpaired) electrons. The van der Waals surface area contributed by atoms with E-state index in [1.54, 1.807) is 6.92 Å². The van der Waals surface area contributed by atoms with Crippen LogP contribution in [0.4, 0.5) is 5.82 Å². The minimum atomic E-state index is -0.722. The molecular formula is C7H7N5O2. The van der Waals surface area contributed by atoms with Crippen molar-refractivity contribution in [2.45, 2.75) is 13.0 Å². The maximum absolute atomic E-state index is 11.5. The molecule has 0 aromatic carbocycles. The van der Waals surface area contributed by atoms with Gasteiger partial charge in [0.25, 0.3) is 11.8 Å². The van der Waals surface area contributed by atoms with Crippen molar-refractivity contribution in [1.82, 2.24) is 9.55 Å². The zero-order chi connectivity index (χ0) is 10.3. The number of nitrogens with zero attached hydrogens (tertiary/aromatic N) is 4. The second kappa shape index (κ2) is 2.72. The van der Waals surface area contributed by atoms with Crippen molar-refractivity contribution in [2.75, 3.05) is 0 Å². The number of hydrogen-bond donors (Lipinski definition) is 1. The summed E-state index contributed by atoms with van der Waals surface area (Å²) in [4.78, 5) is 26.0. The van der Waals surface area contributed by atoms with Gasteiger partial charge in [-0.3, -0.25) is 9.59 Å². The first-order valence-corrected chi connectivity index (χ1v) is 3.93. The maximum Gasteiger partial charge on any atom is 0.271 e. The van der Waals surface area contributed by atoms with E-state index in [1.165, 1.54) is 10.9 Å². The lowest BCUT2D eigenvalue weighted by Gasteiger charge is -2.10. The van der Waals surface area contributed by atoms with Crippen LogP contribution in [0.15, 0.2) is 16.6 Å². The van der Waals surface area contributed by atoms with Gasteiger partial charge in [-0.2, -0.15) is 5.11 Å². The predicted octanol–water partition coefficient (Wildman–Crippen LogP) is 0.108. The van der Waals surface area contributed by atoms with Gasteiger partial charge in [0.1, 0.15) is 12.4 Å². The Morgan fingerprint density at radius 3 is 3.00 bits per heavy atom. The van der Waals surface area contributed by atoms with Crippen molar-refractivity contribution in [2.24, 2.45) is 16.0 Å². The fourth-order valence-electron chi connectivity index (χ4n) is 1.16. The van der Waals surface area contributed by atoms with Crippen LogP contribution >= 0.6 is 0 Å². The van der Waals surface area contributed by atoms with E-state index in [9.17, 15) is 9.59 Å². The summed E-state index contributed by atoms with van der Waals surface area (Å²) < 4.78 is 1.18. The van der Waals surface area contributed by atoms with E-state index in [0.29, 0.717) is 0 Å². The van der Waals surface area contributed by atoms with Crippen molar-refractivity contribution in [3.05, 3.63) is 12.0 Å². The highest BCUT2D eigenvalue weighted by Crippen LogP contribution is 2.23. The first kappa shape index (κ1) is 8.54. The van der Waals surface area contributed by atoms with E-state index in [-0.39, 0.29) is 17.4 Å². The van der Waals surface area contributed by atoms with Crippen LogP contribution < -0.4 is 5.73 Å². The highest BCUT2D eigenvalue weighted by Gasteiger charge is 2.26. The van der Waals surface area contributed by atoms with Crippen LogP contribution in [0, 0.1) is 0 Å². The van der Waals surface area contributed by atoms with E-state index >= 15 is 0 Å². The quantitative estimate of drug-likeness (QED) is 0.684. The fraction of sp³-hybridized carbons (Fsp3) is 0.286. The molecule has 1 aromatic heterocycles. The topological polar surface area (TPSA) is 103 Å². The number of nitrogens with two attached hydrogens (primary N) is 1. The summed E-state index contributed by atoms with van der Waals surface area (Å²) >= 11 is 0. The number of amides is 1. The van der Waals surface area contributed by atoms with E-state index < -0.39 is 11.9 Å². The third-order valence-electron chi connectivity index (χ3n) is 1.90. The standard InChI is InChI=1S/C7H7N5O2/c1-3-7(14)12-2-9-4(5(8)13)6(12)11-10-3/h2-3H,1H3,(H2,8,13)/t3-/m1/s1. The first-order chi connectivity index (χ1) is 6.61. The van der Waals surface area contributed by atoms with Gasteiger partial charge >= 0.3 is 0 Å². The highest BCUT2D eigenvalue weighted by atomic mass is 16.2. The molecule has 1 aliphatic rings. The van der Waals surface area contributed by atoms with Gasteiger partial charge in [-0.05, 0) is 6.92 Å². The SMILES string of the molecule is C[C@H]1N=Nc2c(C(N)=O)ncn2C1=O. The molecule has 14 heavy (non-hydrogen) atoms. The van der Waals surface area contributed by atoms with Crippen LogP contribution in [0.1, 0.15) is 22.2 Å². The molecule has 2 N–H and O–H groups in total. The molecule has 0 aliphatic carbocycles. The number of primary amides is 1. The second-order valence-electron chi connectivity index (χ2n) is 2.88. The Labute approximate surface area is 78.6 Å². The largest absolute Gasteiger partial charge is 0.364 e. The van der Waals surface area contributed by atoms with Gasteiger partial charge in [0, 0.05) is 0 Å². The van der Waals surface area contributed by atoms with Crippen LogP contribution in [-0.4, -0.2) is 27.4 Å². The highest BCUT2D eigenvalue weighted by molar-refractivity contribution is 5.98. The molecule has 1 atom stereocenters. The third kappa shape index (κ3) is 1.02. The molecule has 0 fully saturated rings. The molecule has 1 aliphatic heterocycles. The summed E-state index contributed by atoms with van der Waals surface area (Å²) in [6, 6.07) is -0.544. The number of carbonyl (C=O) groups excluding carboxylic acids is 2. The number of aromatic nitrogens is 2. The van der Waals surface area contributed by atoms with Gasteiger partial charge in [0.05, 0.1) is 0 Å². The number of fused-ring (bicyclic) bond motifs is 1. The molecule has 7 heteroatoms. The Balaban J connectivity index is 2.59. The van der Waals surface area contributed by atoms with Crippen molar-refractivity contribution < 1.29 is 9.59 Å². The van der Waals surface area contributed by atoms with Gasteiger partial charge in [-0.1, -0.05) is 0 Å². The third-order valence-corrected chi connectivity index (χ3v) is 1.90. The van der Waals surface area contributed by atoms with E-state index in [2.05, 4.69) is 15.2 Å². The minimum Gasteiger partial charge on any atom is -0.364 e. The Morgan fingerprint density at radius 2 is 2.36 bits per heavy atom. The molecule has 1 aromatic rings. The summed E-state index contributed by atoms with van der Waals surface area (Å²) in [5, 5.41) is 7.38. The average molecular weight is 193 g/mol. The Morgan fingerprint density at radius 1 is 1.64 bits per heavy atom. The molecule has 2 heterocycles. The number of azo groups is 1. The lowest BCUT2D eigenvalue weighted by atomic mass is 10.3. The summed E-state index contributed by atoms with van der Waals surface area (Å²) in [5.41, 5.74) is 5.00. The lowest BCUT2D eigenvalue weighted by molar-refractivity contribution is 0.0879. The monoisotopic (exact) mass is 193 g/mol. The molecule has 0 unspecified atom stereocenters. The zero-order valence-electron chi connectivity index (χ0n) is 7.34. The summed E-state index contributed by atoms with van der Waals surface area (Å²) in [6.45, 7) is 1.61. The maximum atomic E-state index is 11.5. The van der Waals surface area contributed by atoms with Gasteiger partial charge in [-0.15, -0.1) is 5.11 Å². The van der Waals surface area contributed by atoms with Crippen molar-refractivity contribution in [3.8, 4) is 0 Å². The number of imidazole rings is 1. The molecule has 0 saturated carbocycles. The molecule has 1 amide bonds. The number of hydrogen-bond acceptors (Lipinski definition) is 5. The average Bonchev–Trinajstić information content (AvgIpc) is 2.55. The van der Waals surface area contributed by atoms with Crippen LogP contribution in [0.3, 0.4) is 0 Å². The number of rotatable bonds is 1. The molecule has 7 nitrogen and oxygen atoms in total. The van der Waals surface area contributed by atoms with E-state index in [0.717, 1.165) is 0 Å². The van der Waals surface area contributed by atoms with Crippen LogP contribution in [-0.2, 0) is 0 Å². The molecular weight excluding hydrogens is 186 g/mol. The van der Waals surface area contributed by atoms with Gasteiger partial charge < -0.3 is 5.73 Å². The van der Waals surface area contributed by atoms with Crippen molar-refractivity contribution in [1.29, 1.82) is 0 Å². The van der Waals surface area contributed by atoms with Gasteiger partial charge in [0.15, 0.2) is 11.5 Å². The van der Waals surface area contributed by atoms with E-state index in [1.807, 2.05) is 0 Å². The van der Waals surface area contributed by atoms with E-state index in [4.69, 9.17) is 5.73 Å². The normalized spacial score (nSPS) is 19.5. The fourth-order valence-corrected chi connectivity index (χ4v) is 1.16. The predicted molar refractivity (Wildman–Crippen MR) is 45.3 cm³/mol. The van der Waals surface area contributed by atoms with Crippen molar-refractivity contribution in [3.63, 3.8) is 0 Å². The molecule has 0 bridgehead atoms. The van der Waals surface area contributed by atoms with Gasteiger partial charge in [-0.25, -0.2) is 9.55 Å². The summed E-state index contributed by atoms with van der Waals surface area (Å²) in [7, 11) is 0. The first-order valence-electron chi connectivity index (χ1n) is 3.93. The number of carbonyl (C=O) groups is 2. The summed E-state index contributed by atoms with van der Waals surface area (Å²) in [6.07, 6.45) is 1.23. The Bertz CT molecular complexity index is 447. The Hall–Kier alpha value is -2.05. The second-order valence-corrected chi connectivity index (χ2v) is 2.88. The molecule has 72 valence electrons. The minimum absolute atomic E-state index is 0.0333. The summed E-state index contributed by atoms with van der Waals surface area (Å²) in [5.74, 6) is -0.879. The zero-order valence-corrected chi connectivity index (χ0v) is 7.34. The lowest BCUT2D eigenvalue weighted by Crippen LogP contribution is -2.24. The smallest absolute Gasteiger partial charge is 0.271 e.